The summed E-state index contributed by atoms with van der Waals surface area (Å²) in [5.74, 6) is 1.70. The van der Waals surface area contributed by atoms with Gasteiger partial charge in [0.1, 0.15) is 5.82 Å². The van der Waals surface area contributed by atoms with Crippen LogP contribution in [0.15, 0.2) is 36.5 Å². The number of hydrogen-bond acceptors (Lipinski definition) is 7. The molecule has 9 nitrogen and oxygen atoms in total. The van der Waals surface area contributed by atoms with Crippen molar-refractivity contribution in [3.05, 3.63) is 48.0 Å². The number of nitrogens with zero attached hydrogens (tertiary/aromatic N) is 7. The van der Waals surface area contributed by atoms with Crippen molar-refractivity contribution < 1.29 is 4.79 Å². The zero-order chi connectivity index (χ0) is 18.6. The zero-order valence-electron chi connectivity index (χ0n) is 15.2. The van der Waals surface area contributed by atoms with Crippen molar-refractivity contribution >= 4 is 17.4 Å². The monoisotopic (exact) mass is 366 g/mol. The fraction of sp³-hybridized carbons (Fsp3) is 0.389. The number of hydrogen-bond donors (Lipinski definition) is 1. The standard InChI is InChI=1S/C18H22N8O/c1-14-21-22-16-5-6-17(23-26(14)16)25-10-8-24(9-11-25)13-18(27)20-12-15-4-2-3-7-19-15/h2-7H,8-13H2,1H3,(H,20,27). The number of carbonyl (C=O) groups excluding carboxylic acids is 1. The first-order chi connectivity index (χ1) is 13.2. The highest BCUT2D eigenvalue weighted by molar-refractivity contribution is 5.78. The van der Waals surface area contributed by atoms with Crippen LogP contribution < -0.4 is 10.2 Å². The Morgan fingerprint density at radius 3 is 2.74 bits per heavy atom. The minimum absolute atomic E-state index is 0.0220. The maximum Gasteiger partial charge on any atom is 0.234 e. The third-order valence-electron chi connectivity index (χ3n) is 4.66. The van der Waals surface area contributed by atoms with Crippen LogP contribution >= 0.6 is 0 Å². The van der Waals surface area contributed by atoms with Crippen LogP contribution in [0.4, 0.5) is 5.82 Å². The van der Waals surface area contributed by atoms with E-state index in [1.165, 1.54) is 0 Å². The molecule has 3 aromatic heterocycles. The van der Waals surface area contributed by atoms with E-state index in [9.17, 15) is 4.79 Å². The number of aromatic nitrogens is 5. The molecular weight excluding hydrogens is 344 g/mol. The molecule has 0 atom stereocenters. The fourth-order valence-electron chi connectivity index (χ4n) is 3.14. The Bertz CT molecular complexity index is 918. The summed E-state index contributed by atoms with van der Waals surface area (Å²) in [5, 5.41) is 15.7. The third-order valence-corrected chi connectivity index (χ3v) is 4.66. The summed E-state index contributed by atoms with van der Waals surface area (Å²) in [7, 11) is 0. The van der Waals surface area contributed by atoms with Crippen molar-refractivity contribution in [2.45, 2.75) is 13.5 Å². The molecule has 9 heteroatoms. The van der Waals surface area contributed by atoms with Gasteiger partial charge in [-0.2, -0.15) is 4.52 Å². The number of carbonyl (C=O) groups is 1. The number of aryl methyl sites for hydroxylation is 1. The summed E-state index contributed by atoms with van der Waals surface area (Å²) < 4.78 is 1.76. The summed E-state index contributed by atoms with van der Waals surface area (Å²) in [6, 6.07) is 9.58. The highest BCUT2D eigenvalue weighted by Crippen LogP contribution is 2.14. The van der Waals surface area contributed by atoms with E-state index in [-0.39, 0.29) is 5.91 Å². The van der Waals surface area contributed by atoms with E-state index >= 15 is 0 Å². The van der Waals surface area contributed by atoms with Gasteiger partial charge in [0.2, 0.25) is 5.91 Å². The lowest BCUT2D eigenvalue weighted by Gasteiger charge is -2.34. The van der Waals surface area contributed by atoms with Gasteiger partial charge < -0.3 is 10.2 Å². The number of fused-ring (bicyclic) bond motifs is 1. The molecule has 0 bridgehead atoms. The number of amides is 1. The van der Waals surface area contributed by atoms with Gasteiger partial charge in [-0.05, 0) is 31.2 Å². The minimum atomic E-state index is 0.0220. The molecule has 1 N–H and O–H groups in total. The lowest BCUT2D eigenvalue weighted by molar-refractivity contribution is -0.122. The minimum Gasteiger partial charge on any atom is -0.353 e. The second kappa shape index (κ2) is 7.67. The Morgan fingerprint density at radius 2 is 1.96 bits per heavy atom. The summed E-state index contributed by atoms with van der Waals surface area (Å²) in [4.78, 5) is 20.8. The second-order valence-corrected chi connectivity index (χ2v) is 6.57. The molecule has 0 aliphatic carbocycles. The molecule has 1 saturated heterocycles. The molecule has 1 amide bonds. The fourth-order valence-corrected chi connectivity index (χ4v) is 3.14. The number of rotatable bonds is 5. The first-order valence-electron chi connectivity index (χ1n) is 9.02. The van der Waals surface area contributed by atoms with Crippen LogP contribution in [-0.4, -0.2) is 68.3 Å². The van der Waals surface area contributed by atoms with E-state index < -0.39 is 0 Å². The molecule has 0 unspecified atom stereocenters. The Kier molecular flexibility index (Phi) is 4.93. The highest BCUT2D eigenvalue weighted by Gasteiger charge is 2.20. The van der Waals surface area contributed by atoms with Gasteiger partial charge in [-0.15, -0.1) is 15.3 Å². The molecule has 140 valence electrons. The van der Waals surface area contributed by atoms with Crippen molar-refractivity contribution in [2.24, 2.45) is 0 Å². The predicted molar refractivity (Wildman–Crippen MR) is 100 cm³/mol. The van der Waals surface area contributed by atoms with Gasteiger partial charge >= 0.3 is 0 Å². The predicted octanol–water partition coefficient (Wildman–Crippen LogP) is 0.266. The average Bonchev–Trinajstić information content (AvgIpc) is 3.08. The second-order valence-electron chi connectivity index (χ2n) is 6.57. The molecule has 3 aromatic rings. The molecule has 1 fully saturated rings. The molecule has 1 aliphatic rings. The number of nitrogens with one attached hydrogen (secondary N) is 1. The van der Waals surface area contributed by atoms with E-state index in [1.54, 1.807) is 10.7 Å². The number of pyridine rings is 1. The highest BCUT2D eigenvalue weighted by atomic mass is 16.2. The SMILES string of the molecule is Cc1nnc2ccc(N3CCN(CC(=O)NCc4ccccn4)CC3)nn12. The normalized spacial score (nSPS) is 15.2. The summed E-state index contributed by atoms with van der Waals surface area (Å²) in [5.41, 5.74) is 1.61. The zero-order valence-corrected chi connectivity index (χ0v) is 15.2. The van der Waals surface area contributed by atoms with E-state index in [2.05, 4.69) is 35.4 Å². The smallest absolute Gasteiger partial charge is 0.234 e. The van der Waals surface area contributed by atoms with Crippen LogP contribution in [0, 0.1) is 6.92 Å². The summed E-state index contributed by atoms with van der Waals surface area (Å²) in [6.45, 7) is 6.04. The molecule has 0 aromatic carbocycles. The number of piperazine rings is 1. The molecule has 4 rings (SSSR count). The Balaban J connectivity index is 1.28. The Labute approximate surface area is 157 Å². The van der Waals surface area contributed by atoms with Gasteiger partial charge in [0.25, 0.3) is 0 Å². The van der Waals surface area contributed by atoms with Crippen molar-refractivity contribution in [3.8, 4) is 0 Å². The van der Waals surface area contributed by atoms with Crippen LogP contribution in [0.25, 0.3) is 5.65 Å². The Morgan fingerprint density at radius 1 is 1.11 bits per heavy atom. The first kappa shape index (κ1) is 17.3. The molecule has 27 heavy (non-hydrogen) atoms. The van der Waals surface area contributed by atoms with Gasteiger partial charge in [0.15, 0.2) is 11.5 Å². The quantitative estimate of drug-likeness (QED) is 0.693. The van der Waals surface area contributed by atoms with E-state index in [0.29, 0.717) is 13.1 Å². The average molecular weight is 366 g/mol. The molecule has 4 heterocycles. The van der Waals surface area contributed by atoms with Crippen molar-refractivity contribution in [2.75, 3.05) is 37.6 Å². The van der Waals surface area contributed by atoms with Crippen molar-refractivity contribution in [1.29, 1.82) is 0 Å². The Hall–Kier alpha value is -3.07. The summed E-state index contributed by atoms with van der Waals surface area (Å²) >= 11 is 0. The van der Waals surface area contributed by atoms with Crippen LogP contribution in [0.3, 0.4) is 0 Å². The van der Waals surface area contributed by atoms with Crippen molar-refractivity contribution in [1.82, 2.24) is 35.0 Å². The van der Waals surface area contributed by atoms with Crippen LogP contribution in [0.2, 0.25) is 0 Å². The largest absolute Gasteiger partial charge is 0.353 e. The van der Waals surface area contributed by atoms with Crippen LogP contribution in [0.1, 0.15) is 11.5 Å². The molecule has 0 spiro atoms. The van der Waals surface area contributed by atoms with E-state index in [4.69, 9.17) is 0 Å². The maximum atomic E-state index is 12.2. The lowest BCUT2D eigenvalue weighted by atomic mass is 10.3. The first-order valence-corrected chi connectivity index (χ1v) is 9.02. The van der Waals surface area contributed by atoms with Crippen molar-refractivity contribution in [3.63, 3.8) is 0 Å². The van der Waals surface area contributed by atoms with Gasteiger partial charge in [0, 0.05) is 32.4 Å². The number of anilines is 1. The lowest BCUT2D eigenvalue weighted by Crippen LogP contribution is -2.49. The van der Waals surface area contributed by atoms with Gasteiger partial charge in [0.05, 0.1) is 18.8 Å². The third kappa shape index (κ3) is 4.03. The van der Waals surface area contributed by atoms with Crippen LogP contribution in [-0.2, 0) is 11.3 Å². The molecule has 1 aliphatic heterocycles. The van der Waals surface area contributed by atoms with Gasteiger partial charge in [-0.3, -0.25) is 14.7 Å². The van der Waals surface area contributed by atoms with E-state index in [0.717, 1.165) is 49.2 Å². The van der Waals surface area contributed by atoms with Crippen LogP contribution in [0.5, 0.6) is 0 Å². The maximum absolute atomic E-state index is 12.2. The molecule has 0 saturated carbocycles. The molecule has 0 radical (unpaired) electrons. The van der Waals surface area contributed by atoms with Gasteiger partial charge in [-0.1, -0.05) is 6.07 Å². The topological polar surface area (TPSA) is 91.5 Å². The van der Waals surface area contributed by atoms with E-state index in [1.807, 2.05) is 37.3 Å². The molecular formula is C18H22N8O. The summed E-state index contributed by atoms with van der Waals surface area (Å²) in [6.07, 6.45) is 1.73. The van der Waals surface area contributed by atoms with Gasteiger partial charge in [-0.25, -0.2) is 0 Å².